The maximum Gasteiger partial charge on any atom is -0.00990 e. The fourth-order valence-corrected chi connectivity index (χ4v) is 3.91. The van der Waals surface area contributed by atoms with Crippen LogP contribution in [0.1, 0.15) is 5.56 Å². The third-order valence-electron chi connectivity index (χ3n) is 5.20. The normalized spacial score (nSPS) is 11.4. The first-order chi connectivity index (χ1) is 12.3. The molecule has 0 nitrogen and oxygen atoms in total. The van der Waals surface area contributed by atoms with Crippen LogP contribution in [0.15, 0.2) is 91.0 Å². The number of rotatable bonds is 1. The maximum absolute atomic E-state index is 2.31. The highest BCUT2D eigenvalue weighted by molar-refractivity contribution is 6.12. The van der Waals surface area contributed by atoms with E-state index in [1.165, 1.54) is 49.0 Å². The van der Waals surface area contributed by atoms with Crippen molar-refractivity contribution in [1.29, 1.82) is 0 Å². The molecule has 0 radical (unpaired) electrons. The van der Waals surface area contributed by atoms with Gasteiger partial charge in [-0.1, -0.05) is 84.9 Å². The molecule has 5 aromatic rings. The van der Waals surface area contributed by atoms with Crippen LogP contribution in [-0.2, 0) is 0 Å². The number of fused-ring (bicyclic) bond motifs is 4. The lowest BCUT2D eigenvalue weighted by Gasteiger charge is -2.11. The molecule has 0 N–H and O–H groups in total. The van der Waals surface area contributed by atoms with E-state index in [0.29, 0.717) is 0 Å². The average molecular weight is 318 g/mol. The van der Waals surface area contributed by atoms with Crippen molar-refractivity contribution in [3.8, 4) is 11.1 Å². The highest BCUT2D eigenvalue weighted by atomic mass is 14.1. The second kappa shape index (κ2) is 5.46. The topological polar surface area (TPSA) is 0 Å². The molecule has 0 unspecified atom stereocenters. The van der Waals surface area contributed by atoms with Gasteiger partial charge in [0.1, 0.15) is 0 Å². The van der Waals surface area contributed by atoms with Gasteiger partial charge in [-0.15, -0.1) is 0 Å². The van der Waals surface area contributed by atoms with Crippen LogP contribution in [-0.4, -0.2) is 0 Å². The summed E-state index contributed by atoms with van der Waals surface area (Å²) >= 11 is 0. The van der Waals surface area contributed by atoms with E-state index in [0.717, 1.165) is 0 Å². The van der Waals surface area contributed by atoms with Gasteiger partial charge in [0.2, 0.25) is 0 Å². The Kier molecular flexibility index (Phi) is 3.11. The van der Waals surface area contributed by atoms with Crippen molar-refractivity contribution in [2.45, 2.75) is 6.92 Å². The second-order valence-corrected chi connectivity index (χ2v) is 6.70. The lowest BCUT2D eigenvalue weighted by molar-refractivity contribution is 1.53. The van der Waals surface area contributed by atoms with E-state index in [-0.39, 0.29) is 0 Å². The van der Waals surface area contributed by atoms with E-state index >= 15 is 0 Å². The fourth-order valence-electron chi connectivity index (χ4n) is 3.91. The smallest absolute Gasteiger partial charge is 0.00990 e. The fraction of sp³-hybridized carbons (Fsp3) is 0.0400. The molecule has 0 amide bonds. The van der Waals surface area contributed by atoms with Crippen LogP contribution >= 0.6 is 0 Å². The minimum absolute atomic E-state index is 1.28. The van der Waals surface area contributed by atoms with Gasteiger partial charge in [0.25, 0.3) is 0 Å². The van der Waals surface area contributed by atoms with Crippen LogP contribution in [0.25, 0.3) is 43.4 Å². The zero-order chi connectivity index (χ0) is 16.8. The largest absolute Gasteiger partial charge is 0.0616 e. The SMILES string of the molecule is Cc1cccc2cc(-c3cccc4c3ccc3ccccc34)ccc12. The predicted octanol–water partition coefficient (Wildman–Crippen LogP) is 7.12. The third-order valence-corrected chi connectivity index (χ3v) is 5.20. The van der Waals surface area contributed by atoms with Gasteiger partial charge in [0.15, 0.2) is 0 Å². The van der Waals surface area contributed by atoms with Crippen molar-refractivity contribution in [2.24, 2.45) is 0 Å². The lowest BCUT2D eigenvalue weighted by atomic mass is 9.93. The van der Waals surface area contributed by atoms with Crippen LogP contribution in [0, 0.1) is 6.92 Å². The summed E-state index contributed by atoms with van der Waals surface area (Å²) in [6, 6.07) is 33.1. The van der Waals surface area contributed by atoms with E-state index in [1.54, 1.807) is 0 Å². The predicted molar refractivity (Wildman–Crippen MR) is 109 cm³/mol. The zero-order valence-corrected chi connectivity index (χ0v) is 14.2. The first-order valence-electron chi connectivity index (χ1n) is 8.71. The Morgan fingerprint density at radius 1 is 0.480 bits per heavy atom. The molecule has 0 aliphatic rings. The van der Waals surface area contributed by atoms with Crippen LogP contribution in [0.4, 0.5) is 0 Å². The summed E-state index contributed by atoms with van der Waals surface area (Å²) in [5.74, 6) is 0. The van der Waals surface area contributed by atoms with Gasteiger partial charge in [0.05, 0.1) is 0 Å². The molecule has 0 aromatic heterocycles. The number of hydrogen-bond acceptors (Lipinski definition) is 0. The van der Waals surface area contributed by atoms with Crippen LogP contribution in [0.3, 0.4) is 0 Å². The standard InChI is InChI=1S/C25H18/c1-17-6-4-8-19-16-20(13-14-21(17)19)23-10-5-11-24-22-9-3-2-7-18(22)12-15-25(23)24/h2-16H,1H3. The molecular formula is C25H18. The van der Waals surface area contributed by atoms with Gasteiger partial charge >= 0.3 is 0 Å². The Morgan fingerprint density at radius 3 is 2.20 bits per heavy atom. The quantitative estimate of drug-likeness (QED) is 0.289. The summed E-state index contributed by atoms with van der Waals surface area (Å²) in [5.41, 5.74) is 3.90. The van der Waals surface area contributed by atoms with E-state index < -0.39 is 0 Å². The van der Waals surface area contributed by atoms with Crippen molar-refractivity contribution in [1.82, 2.24) is 0 Å². The van der Waals surface area contributed by atoms with Crippen molar-refractivity contribution in [3.05, 3.63) is 96.6 Å². The van der Waals surface area contributed by atoms with Gasteiger partial charge in [-0.2, -0.15) is 0 Å². The molecule has 0 saturated heterocycles. The molecule has 5 aromatic carbocycles. The number of aryl methyl sites for hydroxylation is 1. The van der Waals surface area contributed by atoms with E-state index in [9.17, 15) is 0 Å². The molecule has 0 bridgehead atoms. The van der Waals surface area contributed by atoms with E-state index in [2.05, 4.69) is 97.9 Å². The molecule has 0 spiro atoms. The molecule has 25 heavy (non-hydrogen) atoms. The van der Waals surface area contributed by atoms with Crippen molar-refractivity contribution >= 4 is 32.3 Å². The first kappa shape index (κ1) is 14.2. The highest BCUT2D eigenvalue weighted by Gasteiger charge is 2.07. The van der Waals surface area contributed by atoms with Crippen molar-refractivity contribution < 1.29 is 0 Å². The molecule has 5 rings (SSSR count). The Labute approximate surface area is 147 Å². The molecule has 0 heteroatoms. The summed E-state index contributed by atoms with van der Waals surface area (Å²) in [4.78, 5) is 0. The summed E-state index contributed by atoms with van der Waals surface area (Å²) in [5, 5.41) is 7.88. The van der Waals surface area contributed by atoms with Gasteiger partial charge in [-0.05, 0) is 62.0 Å². The van der Waals surface area contributed by atoms with Gasteiger partial charge in [0, 0.05) is 0 Å². The van der Waals surface area contributed by atoms with E-state index in [1.807, 2.05) is 0 Å². The molecule has 0 atom stereocenters. The first-order valence-corrected chi connectivity index (χ1v) is 8.71. The highest BCUT2D eigenvalue weighted by Crippen LogP contribution is 2.34. The minimum atomic E-state index is 1.28. The Hall–Kier alpha value is -3.12. The van der Waals surface area contributed by atoms with E-state index in [4.69, 9.17) is 0 Å². The molecule has 118 valence electrons. The summed E-state index contributed by atoms with van der Waals surface area (Å²) in [7, 11) is 0. The van der Waals surface area contributed by atoms with Crippen LogP contribution in [0.2, 0.25) is 0 Å². The summed E-state index contributed by atoms with van der Waals surface area (Å²) in [6.45, 7) is 2.17. The minimum Gasteiger partial charge on any atom is -0.0616 e. The van der Waals surface area contributed by atoms with Crippen LogP contribution < -0.4 is 0 Å². The molecule has 0 heterocycles. The molecule has 0 aliphatic carbocycles. The summed E-state index contributed by atoms with van der Waals surface area (Å²) < 4.78 is 0. The molecular weight excluding hydrogens is 300 g/mol. The third kappa shape index (κ3) is 2.22. The Balaban J connectivity index is 1.82. The maximum atomic E-state index is 2.31. The number of benzene rings is 5. The molecule has 0 fully saturated rings. The molecule has 0 aliphatic heterocycles. The zero-order valence-electron chi connectivity index (χ0n) is 14.2. The van der Waals surface area contributed by atoms with Crippen molar-refractivity contribution in [3.63, 3.8) is 0 Å². The lowest BCUT2D eigenvalue weighted by Crippen LogP contribution is -1.85. The monoisotopic (exact) mass is 318 g/mol. The molecule has 0 saturated carbocycles. The van der Waals surface area contributed by atoms with Gasteiger partial charge < -0.3 is 0 Å². The Bertz CT molecular complexity index is 1250. The summed E-state index contributed by atoms with van der Waals surface area (Å²) in [6.07, 6.45) is 0. The average Bonchev–Trinajstić information content (AvgIpc) is 2.67. The second-order valence-electron chi connectivity index (χ2n) is 6.70. The van der Waals surface area contributed by atoms with Gasteiger partial charge in [-0.3, -0.25) is 0 Å². The van der Waals surface area contributed by atoms with Crippen LogP contribution in [0.5, 0.6) is 0 Å². The van der Waals surface area contributed by atoms with Gasteiger partial charge in [-0.25, -0.2) is 0 Å². The number of hydrogen-bond donors (Lipinski definition) is 0. The van der Waals surface area contributed by atoms with Crippen molar-refractivity contribution in [2.75, 3.05) is 0 Å². The Morgan fingerprint density at radius 2 is 1.24 bits per heavy atom.